The topological polar surface area (TPSA) is 81.4 Å². The lowest BCUT2D eigenvalue weighted by Gasteiger charge is -2.13. The van der Waals surface area contributed by atoms with Crippen LogP contribution >= 0.6 is 11.3 Å². The van der Waals surface area contributed by atoms with Gasteiger partial charge in [-0.15, -0.1) is 0 Å². The van der Waals surface area contributed by atoms with E-state index in [4.69, 9.17) is 19.5 Å². The third kappa shape index (κ3) is 2.06. The molecule has 0 aliphatic carbocycles. The van der Waals surface area contributed by atoms with E-state index >= 15 is 0 Å². The van der Waals surface area contributed by atoms with Crippen molar-refractivity contribution in [1.29, 1.82) is 5.26 Å². The molecule has 2 aromatic rings. The number of nitriles is 1. The lowest BCUT2D eigenvalue weighted by Crippen LogP contribution is -2.03. The van der Waals surface area contributed by atoms with Crippen LogP contribution in [-0.4, -0.2) is 26.3 Å². The van der Waals surface area contributed by atoms with Crippen LogP contribution in [0, 0.1) is 11.3 Å². The minimum absolute atomic E-state index is 0.0722. The Labute approximate surface area is 112 Å². The smallest absolute Gasteiger partial charge is 0.244 e. The fourth-order valence-electron chi connectivity index (χ4n) is 1.72. The fraction of sp³-hybridized carbons (Fsp3) is 0.250. The van der Waals surface area contributed by atoms with Gasteiger partial charge >= 0.3 is 0 Å². The number of ether oxygens (including phenoxy) is 3. The van der Waals surface area contributed by atoms with Crippen molar-refractivity contribution in [3.63, 3.8) is 0 Å². The van der Waals surface area contributed by atoms with Crippen LogP contribution in [-0.2, 0) is 0 Å². The highest BCUT2D eigenvalue weighted by Gasteiger charge is 2.19. The van der Waals surface area contributed by atoms with Crippen molar-refractivity contribution in [2.24, 2.45) is 0 Å². The van der Waals surface area contributed by atoms with Gasteiger partial charge in [0.2, 0.25) is 10.5 Å². The summed E-state index contributed by atoms with van der Waals surface area (Å²) in [5.41, 5.74) is 0.292. The number of nitrogens with zero attached hydrogens (tertiary/aromatic N) is 2. The van der Waals surface area contributed by atoms with Crippen molar-refractivity contribution < 1.29 is 14.2 Å². The van der Waals surface area contributed by atoms with Gasteiger partial charge in [-0.1, -0.05) is 11.3 Å². The molecule has 0 fully saturated rings. The van der Waals surface area contributed by atoms with Crippen LogP contribution in [0.25, 0.3) is 10.9 Å². The average molecular weight is 278 g/mol. The van der Waals surface area contributed by atoms with Crippen molar-refractivity contribution in [3.05, 3.63) is 20.6 Å². The first kappa shape index (κ1) is 13.1. The summed E-state index contributed by atoms with van der Waals surface area (Å²) in [5, 5.41) is 9.28. The number of hydrogen-bond donors (Lipinski definition) is 0. The molecular weight excluding hydrogens is 268 g/mol. The van der Waals surface area contributed by atoms with Crippen LogP contribution in [0.3, 0.4) is 0 Å². The van der Waals surface area contributed by atoms with E-state index in [-0.39, 0.29) is 15.5 Å². The molecule has 0 amide bonds. The second-order valence-corrected chi connectivity index (χ2v) is 4.42. The van der Waals surface area contributed by atoms with Crippen molar-refractivity contribution in [3.8, 4) is 23.3 Å². The maximum absolute atomic E-state index is 12.0. The van der Waals surface area contributed by atoms with Crippen molar-refractivity contribution in [1.82, 2.24) is 4.98 Å². The van der Waals surface area contributed by atoms with Gasteiger partial charge < -0.3 is 14.2 Å². The fourth-order valence-corrected chi connectivity index (χ4v) is 2.35. The molecule has 7 heteroatoms. The highest BCUT2D eigenvalue weighted by atomic mass is 32.1. The van der Waals surface area contributed by atoms with E-state index in [2.05, 4.69) is 4.98 Å². The first-order chi connectivity index (χ1) is 9.15. The molecule has 0 radical (unpaired) electrons. The van der Waals surface area contributed by atoms with Crippen molar-refractivity contribution in [2.75, 3.05) is 21.3 Å². The highest BCUT2D eigenvalue weighted by Crippen LogP contribution is 2.41. The zero-order valence-corrected chi connectivity index (χ0v) is 11.3. The Kier molecular flexibility index (Phi) is 3.53. The number of benzene rings is 1. The predicted octanol–water partition coefficient (Wildman–Crippen LogP) is 1.55. The lowest BCUT2D eigenvalue weighted by molar-refractivity contribution is 0.327. The highest BCUT2D eigenvalue weighted by molar-refractivity contribution is 7.10. The van der Waals surface area contributed by atoms with Gasteiger partial charge in [-0.3, -0.25) is 4.79 Å². The number of aromatic nitrogens is 1. The van der Waals surface area contributed by atoms with E-state index < -0.39 is 0 Å². The molecule has 19 heavy (non-hydrogen) atoms. The van der Waals surface area contributed by atoms with E-state index in [1.54, 1.807) is 0 Å². The first-order valence-corrected chi connectivity index (χ1v) is 6.01. The van der Waals surface area contributed by atoms with Gasteiger partial charge in [-0.2, -0.15) is 5.26 Å². The third-order valence-electron chi connectivity index (χ3n) is 2.52. The number of rotatable bonds is 3. The predicted molar refractivity (Wildman–Crippen MR) is 70.3 cm³/mol. The third-order valence-corrected chi connectivity index (χ3v) is 3.30. The Bertz CT molecular complexity index is 733. The SMILES string of the molecule is COc1cc2c(=O)sc(C#N)nc2c(OC)c1OC. The number of hydrogen-bond acceptors (Lipinski definition) is 7. The van der Waals surface area contributed by atoms with Gasteiger partial charge in [0.25, 0.3) is 0 Å². The Hall–Kier alpha value is -2.33. The van der Waals surface area contributed by atoms with E-state index in [0.29, 0.717) is 22.4 Å². The largest absolute Gasteiger partial charge is 0.493 e. The summed E-state index contributed by atoms with van der Waals surface area (Å²) in [5.74, 6) is 0.991. The van der Waals surface area contributed by atoms with Gasteiger partial charge in [0.15, 0.2) is 16.5 Å². The van der Waals surface area contributed by atoms with Crippen LogP contribution < -0.4 is 19.0 Å². The summed E-state index contributed by atoms with van der Waals surface area (Å²) in [6, 6.07) is 3.39. The average Bonchev–Trinajstić information content (AvgIpc) is 2.44. The second-order valence-electron chi connectivity index (χ2n) is 3.46. The monoisotopic (exact) mass is 278 g/mol. The molecular formula is C12H10N2O4S. The quantitative estimate of drug-likeness (QED) is 0.847. The van der Waals surface area contributed by atoms with E-state index in [1.165, 1.54) is 27.4 Å². The Morgan fingerprint density at radius 2 is 1.89 bits per heavy atom. The maximum Gasteiger partial charge on any atom is 0.244 e. The molecule has 0 spiro atoms. The van der Waals surface area contributed by atoms with Gasteiger partial charge in [0.1, 0.15) is 11.6 Å². The summed E-state index contributed by atoms with van der Waals surface area (Å²) < 4.78 is 15.3. The first-order valence-electron chi connectivity index (χ1n) is 5.20. The lowest BCUT2D eigenvalue weighted by atomic mass is 10.2. The summed E-state index contributed by atoms with van der Waals surface area (Å²) in [6.45, 7) is 0. The number of fused-ring (bicyclic) bond motifs is 1. The summed E-state index contributed by atoms with van der Waals surface area (Å²) in [4.78, 5) is 16.1. The summed E-state index contributed by atoms with van der Waals surface area (Å²) in [7, 11) is 4.36. The maximum atomic E-state index is 12.0. The molecule has 2 rings (SSSR count). The molecule has 1 aromatic carbocycles. The van der Waals surface area contributed by atoms with E-state index in [0.717, 1.165) is 11.3 Å². The van der Waals surface area contributed by atoms with Crippen LogP contribution in [0.15, 0.2) is 10.9 Å². The summed E-state index contributed by atoms with van der Waals surface area (Å²) >= 11 is 0.779. The van der Waals surface area contributed by atoms with Crippen LogP contribution in [0.5, 0.6) is 17.2 Å². The molecule has 0 aliphatic heterocycles. The molecule has 0 bridgehead atoms. The molecule has 98 valence electrons. The summed E-state index contributed by atoms with van der Waals surface area (Å²) in [6.07, 6.45) is 0. The Morgan fingerprint density at radius 1 is 1.21 bits per heavy atom. The molecule has 0 saturated heterocycles. The van der Waals surface area contributed by atoms with Gasteiger partial charge in [-0.05, 0) is 6.07 Å². The normalized spacial score (nSPS) is 10.0. The van der Waals surface area contributed by atoms with Crippen LogP contribution in [0.2, 0.25) is 0 Å². The molecule has 6 nitrogen and oxygen atoms in total. The molecule has 0 N–H and O–H groups in total. The van der Waals surface area contributed by atoms with Crippen LogP contribution in [0.4, 0.5) is 0 Å². The van der Waals surface area contributed by atoms with E-state index in [1.807, 2.05) is 6.07 Å². The Balaban J connectivity index is 2.98. The molecule has 0 unspecified atom stereocenters. The van der Waals surface area contributed by atoms with Gasteiger partial charge in [0, 0.05) is 0 Å². The minimum Gasteiger partial charge on any atom is -0.493 e. The molecule has 1 aromatic heterocycles. The Morgan fingerprint density at radius 3 is 2.42 bits per heavy atom. The molecule has 0 saturated carbocycles. The second kappa shape index (κ2) is 5.12. The van der Waals surface area contributed by atoms with Crippen LogP contribution in [0.1, 0.15) is 5.01 Å². The minimum atomic E-state index is -0.277. The van der Waals surface area contributed by atoms with E-state index in [9.17, 15) is 4.79 Å². The van der Waals surface area contributed by atoms with Crippen molar-refractivity contribution >= 4 is 22.2 Å². The van der Waals surface area contributed by atoms with Gasteiger partial charge in [0.05, 0.1) is 26.7 Å². The molecule has 1 heterocycles. The zero-order chi connectivity index (χ0) is 14.0. The number of methoxy groups -OCH3 is 3. The molecule has 0 aliphatic rings. The van der Waals surface area contributed by atoms with Gasteiger partial charge in [-0.25, -0.2) is 4.98 Å². The standard InChI is InChI=1S/C12H10N2O4S/c1-16-7-4-6-9(11(18-3)10(7)17-2)14-8(5-13)19-12(6)15/h4H,1-3H3. The zero-order valence-electron chi connectivity index (χ0n) is 10.5. The molecule has 0 atom stereocenters. The van der Waals surface area contributed by atoms with Crippen molar-refractivity contribution in [2.45, 2.75) is 0 Å².